The number of para-hydroxylation sites is 1. The molecule has 3 nitrogen and oxygen atoms in total. The van der Waals surface area contributed by atoms with Crippen molar-refractivity contribution >= 4 is 37.7 Å². The summed E-state index contributed by atoms with van der Waals surface area (Å²) >= 11 is 3.60. The highest BCUT2D eigenvalue weighted by Gasteiger charge is 2.14. The molecule has 0 unspecified atom stereocenters. The lowest BCUT2D eigenvalue weighted by molar-refractivity contribution is 0.748. The first-order chi connectivity index (χ1) is 12.3. The molecular weight excluding hydrogens is 374 g/mol. The summed E-state index contributed by atoms with van der Waals surface area (Å²) in [6, 6.07) is 16.8. The van der Waals surface area contributed by atoms with E-state index in [9.17, 15) is 0 Å². The summed E-state index contributed by atoms with van der Waals surface area (Å²) in [5.74, 6) is 0. The zero-order valence-corrected chi connectivity index (χ0v) is 15.5. The molecule has 25 heavy (non-hydrogen) atoms. The van der Waals surface area contributed by atoms with E-state index in [0.29, 0.717) is 0 Å². The van der Waals surface area contributed by atoms with Gasteiger partial charge in [0.2, 0.25) is 0 Å². The molecule has 4 heteroatoms. The van der Waals surface area contributed by atoms with E-state index in [4.69, 9.17) is 5.73 Å². The molecule has 0 aliphatic heterocycles. The van der Waals surface area contributed by atoms with E-state index in [1.807, 2.05) is 18.3 Å². The highest BCUT2D eigenvalue weighted by atomic mass is 79.9. The number of nitrogens with one attached hydrogen (secondary N) is 1. The average Bonchev–Trinajstić information content (AvgIpc) is 2.99. The van der Waals surface area contributed by atoms with Crippen LogP contribution in [0.3, 0.4) is 0 Å². The van der Waals surface area contributed by atoms with Crippen molar-refractivity contribution in [2.24, 2.45) is 5.73 Å². The minimum atomic E-state index is 0.735. The van der Waals surface area contributed by atoms with Gasteiger partial charge < -0.3 is 10.7 Å². The zero-order valence-electron chi connectivity index (χ0n) is 13.9. The molecule has 0 radical (unpaired) electrons. The normalized spacial score (nSPS) is 11.4. The summed E-state index contributed by atoms with van der Waals surface area (Å²) in [4.78, 5) is 8.24. The van der Waals surface area contributed by atoms with Crippen LogP contribution in [-0.4, -0.2) is 16.5 Å². The third-order valence-corrected chi connectivity index (χ3v) is 5.12. The number of unbranched alkanes of at least 4 members (excludes halogenated alkanes) is 1. The first-order valence-electron chi connectivity index (χ1n) is 8.61. The molecule has 4 aromatic rings. The molecule has 0 bridgehead atoms. The number of rotatable bonds is 5. The van der Waals surface area contributed by atoms with E-state index in [2.05, 4.69) is 62.3 Å². The predicted octanol–water partition coefficient (Wildman–Crippen LogP) is 5.43. The molecule has 3 N–H and O–H groups in total. The highest BCUT2D eigenvalue weighted by Crippen LogP contribution is 2.33. The summed E-state index contributed by atoms with van der Waals surface area (Å²) in [5, 5.41) is 2.43. The molecule has 2 aromatic carbocycles. The summed E-state index contributed by atoms with van der Waals surface area (Å²) in [5.41, 5.74) is 11.5. The summed E-state index contributed by atoms with van der Waals surface area (Å²) < 4.78 is 1.10. The van der Waals surface area contributed by atoms with Crippen LogP contribution in [0.5, 0.6) is 0 Å². The molecule has 0 aliphatic carbocycles. The fourth-order valence-electron chi connectivity index (χ4n) is 3.38. The van der Waals surface area contributed by atoms with Crippen LogP contribution in [0.15, 0.2) is 59.2 Å². The Labute approximate surface area is 155 Å². The van der Waals surface area contributed by atoms with Crippen LogP contribution in [0.4, 0.5) is 0 Å². The van der Waals surface area contributed by atoms with E-state index in [-0.39, 0.29) is 0 Å². The third-order valence-electron chi connectivity index (χ3n) is 4.63. The topological polar surface area (TPSA) is 54.7 Å². The monoisotopic (exact) mass is 393 g/mol. The van der Waals surface area contributed by atoms with Crippen molar-refractivity contribution in [1.82, 2.24) is 9.97 Å². The lowest BCUT2D eigenvalue weighted by Crippen LogP contribution is -1.99. The zero-order chi connectivity index (χ0) is 17.2. The number of aromatic nitrogens is 2. The molecular formula is C21H20BrN3. The number of H-pyrrole nitrogens is 1. The summed E-state index contributed by atoms with van der Waals surface area (Å²) in [6.07, 6.45) is 5.10. The molecule has 0 aliphatic rings. The van der Waals surface area contributed by atoms with Gasteiger partial charge in [0.05, 0.1) is 11.2 Å². The number of fused-ring (bicyclic) bond motifs is 2. The average molecular weight is 394 g/mol. The number of halogens is 1. The van der Waals surface area contributed by atoms with Crippen molar-refractivity contribution in [2.45, 2.75) is 19.3 Å². The van der Waals surface area contributed by atoms with Gasteiger partial charge in [-0.05, 0) is 61.7 Å². The Bertz CT molecular complexity index is 1040. The van der Waals surface area contributed by atoms with Crippen LogP contribution >= 0.6 is 15.9 Å². The van der Waals surface area contributed by atoms with Crippen molar-refractivity contribution in [3.63, 3.8) is 0 Å². The molecule has 126 valence electrons. The minimum absolute atomic E-state index is 0.735. The molecule has 0 atom stereocenters. The van der Waals surface area contributed by atoms with Crippen molar-refractivity contribution in [2.75, 3.05) is 6.54 Å². The third kappa shape index (κ3) is 3.20. The first kappa shape index (κ1) is 16.3. The Morgan fingerprint density at radius 3 is 2.80 bits per heavy atom. The maximum Gasteiger partial charge on any atom is 0.0702 e. The maximum absolute atomic E-state index is 5.69. The standard InChI is InChI=1S/C21H20BrN3/c22-16-8-9-20-18(12-16)17(6-3-4-10-23)21(25-20)15-11-14-5-1-2-7-19(14)24-13-15/h1-2,5,7-9,11-13,25H,3-4,6,10,23H2. The van der Waals surface area contributed by atoms with Crippen molar-refractivity contribution in [3.05, 3.63) is 64.8 Å². The number of pyridine rings is 1. The second-order valence-electron chi connectivity index (χ2n) is 6.33. The Hall–Kier alpha value is -2.17. The second-order valence-corrected chi connectivity index (χ2v) is 7.25. The van der Waals surface area contributed by atoms with Crippen molar-refractivity contribution < 1.29 is 0 Å². The van der Waals surface area contributed by atoms with E-state index in [1.54, 1.807) is 0 Å². The van der Waals surface area contributed by atoms with Gasteiger partial charge in [-0.2, -0.15) is 0 Å². The second kappa shape index (κ2) is 6.98. The van der Waals surface area contributed by atoms with Crippen LogP contribution in [0.25, 0.3) is 33.1 Å². The highest BCUT2D eigenvalue weighted by molar-refractivity contribution is 9.10. The molecule has 4 rings (SSSR count). The largest absolute Gasteiger partial charge is 0.354 e. The summed E-state index contributed by atoms with van der Waals surface area (Å²) in [7, 11) is 0. The number of aromatic amines is 1. The molecule has 2 aromatic heterocycles. The molecule has 0 spiro atoms. The number of hydrogen-bond donors (Lipinski definition) is 2. The van der Waals surface area contributed by atoms with Gasteiger partial charge >= 0.3 is 0 Å². The van der Waals surface area contributed by atoms with Crippen molar-refractivity contribution in [1.29, 1.82) is 0 Å². The fourth-order valence-corrected chi connectivity index (χ4v) is 3.74. The molecule has 2 heterocycles. The van der Waals surface area contributed by atoms with Gasteiger partial charge in [0, 0.05) is 32.5 Å². The van der Waals surface area contributed by atoms with Crippen LogP contribution < -0.4 is 5.73 Å². The van der Waals surface area contributed by atoms with E-state index < -0.39 is 0 Å². The van der Waals surface area contributed by atoms with Crippen LogP contribution in [-0.2, 0) is 6.42 Å². The molecule has 0 amide bonds. The Balaban J connectivity index is 1.87. The smallest absolute Gasteiger partial charge is 0.0702 e. The number of nitrogens with two attached hydrogens (primary N) is 1. The number of benzene rings is 2. The molecule has 0 fully saturated rings. The van der Waals surface area contributed by atoms with Crippen LogP contribution in [0.1, 0.15) is 18.4 Å². The van der Waals surface area contributed by atoms with Gasteiger partial charge in [-0.15, -0.1) is 0 Å². The quantitative estimate of drug-likeness (QED) is 0.444. The fraction of sp³-hybridized carbons (Fsp3) is 0.190. The number of hydrogen-bond acceptors (Lipinski definition) is 2. The van der Waals surface area contributed by atoms with Crippen molar-refractivity contribution in [3.8, 4) is 11.3 Å². The van der Waals surface area contributed by atoms with Crippen LogP contribution in [0.2, 0.25) is 0 Å². The summed E-state index contributed by atoms with van der Waals surface area (Å²) in [6.45, 7) is 0.735. The predicted molar refractivity (Wildman–Crippen MR) is 109 cm³/mol. The maximum atomic E-state index is 5.69. The van der Waals surface area contributed by atoms with Gasteiger partial charge in [0.15, 0.2) is 0 Å². The van der Waals surface area contributed by atoms with Gasteiger partial charge in [0.25, 0.3) is 0 Å². The van der Waals surface area contributed by atoms with E-state index in [1.165, 1.54) is 16.6 Å². The number of aryl methyl sites for hydroxylation is 1. The van der Waals surface area contributed by atoms with Gasteiger partial charge in [-0.3, -0.25) is 4.98 Å². The lowest BCUT2D eigenvalue weighted by atomic mass is 10.0. The molecule has 0 saturated heterocycles. The van der Waals surface area contributed by atoms with E-state index >= 15 is 0 Å². The van der Waals surface area contributed by atoms with Gasteiger partial charge in [-0.1, -0.05) is 34.1 Å². The SMILES string of the molecule is NCCCCc1c(-c2cnc3ccccc3c2)[nH]c2ccc(Br)cc12. The lowest BCUT2D eigenvalue weighted by Gasteiger charge is -2.06. The Kier molecular flexibility index (Phi) is 4.55. The van der Waals surface area contributed by atoms with Gasteiger partial charge in [-0.25, -0.2) is 0 Å². The molecule has 0 saturated carbocycles. The minimum Gasteiger partial charge on any atom is -0.354 e. The van der Waals surface area contributed by atoms with Gasteiger partial charge in [0.1, 0.15) is 0 Å². The Morgan fingerprint density at radius 1 is 1.04 bits per heavy atom. The number of nitrogens with zero attached hydrogens (tertiary/aromatic N) is 1. The van der Waals surface area contributed by atoms with E-state index in [0.717, 1.165) is 52.3 Å². The Morgan fingerprint density at radius 2 is 1.92 bits per heavy atom. The first-order valence-corrected chi connectivity index (χ1v) is 9.41. The van der Waals surface area contributed by atoms with Crippen LogP contribution in [0, 0.1) is 0 Å².